The summed E-state index contributed by atoms with van der Waals surface area (Å²) in [6.45, 7) is 1.50. The molecule has 0 spiro atoms. The summed E-state index contributed by atoms with van der Waals surface area (Å²) in [5.74, 6) is 0. The summed E-state index contributed by atoms with van der Waals surface area (Å²) in [6, 6.07) is 6.73. The van der Waals surface area contributed by atoms with Gasteiger partial charge < -0.3 is 10.1 Å². The van der Waals surface area contributed by atoms with Crippen LogP contribution in [0, 0.1) is 0 Å². The number of nitrogens with one attached hydrogen (secondary N) is 1. The van der Waals surface area contributed by atoms with Gasteiger partial charge in [-0.3, -0.25) is 0 Å². The Kier molecular flexibility index (Phi) is 5.05. The van der Waals surface area contributed by atoms with Gasteiger partial charge in [0.2, 0.25) is 0 Å². The molecule has 0 saturated carbocycles. The van der Waals surface area contributed by atoms with Crippen molar-refractivity contribution in [3.63, 3.8) is 0 Å². The lowest BCUT2D eigenvalue weighted by molar-refractivity contribution is -0.137. The van der Waals surface area contributed by atoms with Gasteiger partial charge in [0.1, 0.15) is 5.69 Å². The van der Waals surface area contributed by atoms with Crippen LogP contribution in [-0.2, 0) is 17.5 Å². The molecule has 4 rings (SSSR count). The number of halogens is 3. The third-order valence-electron chi connectivity index (χ3n) is 4.60. The van der Waals surface area contributed by atoms with Crippen LogP contribution in [0.15, 0.2) is 48.9 Å². The number of hydrogen-bond donors (Lipinski definition) is 1. The van der Waals surface area contributed by atoms with Gasteiger partial charge in [0.25, 0.3) is 0 Å². The van der Waals surface area contributed by atoms with Gasteiger partial charge in [0, 0.05) is 18.7 Å². The molecule has 0 amide bonds. The summed E-state index contributed by atoms with van der Waals surface area (Å²) in [7, 11) is 0. The van der Waals surface area contributed by atoms with E-state index in [2.05, 4.69) is 25.8 Å². The van der Waals surface area contributed by atoms with Crippen LogP contribution >= 0.6 is 0 Å². The Bertz CT molecular complexity index is 913. The molecular weight excluding hydrogens is 373 g/mol. The number of ether oxygens (including phenoxy) is 1. The van der Waals surface area contributed by atoms with Gasteiger partial charge in [-0.2, -0.15) is 23.4 Å². The Morgan fingerprint density at radius 3 is 2.64 bits per heavy atom. The molecule has 1 aromatic carbocycles. The molecule has 3 heterocycles. The molecular formula is C18H17F3N6O. The minimum absolute atomic E-state index is 0.0644. The van der Waals surface area contributed by atoms with E-state index in [1.807, 2.05) is 6.20 Å². The first-order valence-corrected chi connectivity index (χ1v) is 8.68. The van der Waals surface area contributed by atoms with Crippen LogP contribution in [0.4, 0.5) is 13.2 Å². The van der Waals surface area contributed by atoms with Crippen LogP contribution in [0.2, 0.25) is 0 Å². The summed E-state index contributed by atoms with van der Waals surface area (Å²) in [4.78, 5) is 0. The fourth-order valence-corrected chi connectivity index (χ4v) is 3.08. The highest BCUT2D eigenvalue weighted by atomic mass is 19.4. The van der Waals surface area contributed by atoms with E-state index in [9.17, 15) is 13.2 Å². The van der Waals surface area contributed by atoms with Crippen molar-refractivity contribution in [2.24, 2.45) is 0 Å². The predicted octanol–water partition coefficient (Wildman–Crippen LogP) is 2.48. The van der Waals surface area contributed by atoms with Crippen molar-refractivity contribution in [1.82, 2.24) is 30.5 Å². The summed E-state index contributed by atoms with van der Waals surface area (Å²) in [6.07, 6.45) is 0.506. The lowest BCUT2D eigenvalue weighted by Crippen LogP contribution is -2.26. The smallest absolute Gasteiger partial charge is 0.370 e. The Balaban J connectivity index is 1.41. The largest absolute Gasteiger partial charge is 0.416 e. The van der Waals surface area contributed by atoms with E-state index < -0.39 is 11.7 Å². The number of rotatable bonds is 5. The van der Waals surface area contributed by atoms with Crippen LogP contribution in [0.25, 0.3) is 11.3 Å². The maximum Gasteiger partial charge on any atom is 0.416 e. The second kappa shape index (κ2) is 7.64. The van der Waals surface area contributed by atoms with Crippen molar-refractivity contribution in [1.29, 1.82) is 0 Å². The van der Waals surface area contributed by atoms with Crippen LogP contribution in [0.3, 0.4) is 0 Å². The van der Waals surface area contributed by atoms with Crippen LogP contribution in [0.1, 0.15) is 17.2 Å². The van der Waals surface area contributed by atoms with Crippen molar-refractivity contribution in [3.8, 4) is 11.3 Å². The van der Waals surface area contributed by atoms with E-state index in [0.717, 1.165) is 17.7 Å². The molecule has 10 heteroatoms. The molecule has 1 N–H and O–H groups in total. The SMILES string of the molecule is FC(F)(F)c1ccc(COC2CNCC2n2cc(-c3ccnnc3)nn2)cc1. The minimum Gasteiger partial charge on any atom is -0.370 e. The second-order valence-corrected chi connectivity index (χ2v) is 6.48. The third-order valence-corrected chi connectivity index (χ3v) is 4.60. The molecule has 146 valence electrons. The maximum absolute atomic E-state index is 12.7. The van der Waals surface area contributed by atoms with Crippen molar-refractivity contribution in [2.45, 2.75) is 24.9 Å². The fourth-order valence-electron chi connectivity index (χ4n) is 3.08. The molecule has 7 nitrogen and oxygen atoms in total. The zero-order valence-corrected chi connectivity index (χ0v) is 14.7. The highest BCUT2D eigenvalue weighted by molar-refractivity contribution is 5.55. The molecule has 0 bridgehead atoms. The van der Waals surface area contributed by atoms with Crippen LogP contribution < -0.4 is 5.32 Å². The number of alkyl halides is 3. The Morgan fingerprint density at radius 2 is 1.93 bits per heavy atom. The molecule has 28 heavy (non-hydrogen) atoms. The van der Waals surface area contributed by atoms with E-state index in [1.165, 1.54) is 12.1 Å². The van der Waals surface area contributed by atoms with Crippen molar-refractivity contribution in [3.05, 3.63) is 60.0 Å². The number of aromatic nitrogens is 5. The first kappa shape index (κ1) is 18.5. The highest BCUT2D eigenvalue weighted by Gasteiger charge is 2.31. The summed E-state index contributed by atoms with van der Waals surface area (Å²) >= 11 is 0. The van der Waals surface area contributed by atoms with E-state index in [1.54, 1.807) is 23.1 Å². The molecule has 1 aliphatic rings. The second-order valence-electron chi connectivity index (χ2n) is 6.48. The predicted molar refractivity (Wildman–Crippen MR) is 93.0 cm³/mol. The summed E-state index contributed by atoms with van der Waals surface area (Å²) in [5.41, 5.74) is 1.51. The van der Waals surface area contributed by atoms with E-state index >= 15 is 0 Å². The number of hydrogen-bond acceptors (Lipinski definition) is 6. The summed E-state index contributed by atoms with van der Waals surface area (Å²) in [5, 5.41) is 19.2. The molecule has 0 aliphatic carbocycles. The van der Waals surface area contributed by atoms with Crippen molar-refractivity contribution < 1.29 is 17.9 Å². The van der Waals surface area contributed by atoms with E-state index in [-0.39, 0.29) is 18.8 Å². The van der Waals surface area contributed by atoms with Gasteiger partial charge in [-0.25, -0.2) is 4.68 Å². The van der Waals surface area contributed by atoms with Gasteiger partial charge in [0.05, 0.1) is 42.9 Å². The van der Waals surface area contributed by atoms with E-state index in [4.69, 9.17) is 4.74 Å². The molecule has 3 aromatic rings. The van der Waals surface area contributed by atoms with Gasteiger partial charge >= 0.3 is 6.18 Å². The number of nitrogens with zero attached hydrogens (tertiary/aromatic N) is 5. The Labute approximate surface area is 158 Å². The first-order chi connectivity index (χ1) is 13.5. The lowest BCUT2D eigenvalue weighted by Gasteiger charge is -2.19. The minimum atomic E-state index is -4.34. The normalized spacial score (nSPS) is 19.8. The van der Waals surface area contributed by atoms with Crippen LogP contribution in [-0.4, -0.2) is 44.4 Å². The average Bonchev–Trinajstić information content (AvgIpc) is 3.36. The Morgan fingerprint density at radius 1 is 1.11 bits per heavy atom. The van der Waals surface area contributed by atoms with E-state index in [0.29, 0.717) is 24.3 Å². The quantitative estimate of drug-likeness (QED) is 0.721. The standard InChI is InChI=1S/C18H17F3N6O/c19-18(20,21)14-3-1-12(2-4-14)11-28-17-9-22-8-16(17)27-10-15(25-26-27)13-5-6-23-24-7-13/h1-7,10,16-17,22H,8-9,11H2. The van der Waals surface area contributed by atoms with Gasteiger partial charge in [0.15, 0.2) is 0 Å². The zero-order valence-electron chi connectivity index (χ0n) is 14.7. The van der Waals surface area contributed by atoms with Crippen molar-refractivity contribution in [2.75, 3.05) is 13.1 Å². The first-order valence-electron chi connectivity index (χ1n) is 8.68. The lowest BCUT2D eigenvalue weighted by atomic mass is 10.1. The zero-order chi connectivity index (χ0) is 19.6. The topological polar surface area (TPSA) is 77.8 Å². The van der Waals surface area contributed by atoms with Crippen molar-refractivity contribution >= 4 is 0 Å². The third kappa shape index (κ3) is 4.02. The highest BCUT2D eigenvalue weighted by Crippen LogP contribution is 2.29. The molecule has 2 unspecified atom stereocenters. The average molecular weight is 390 g/mol. The summed E-state index contributed by atoms with van der Waals surface area (Å²) < 4.78 is 45.6. The molecule has 1 saturated heterocycles. The van der Waals surface area contributed by atoms with Gasteiger partial charge in [-0.15, -0.1) is 5.10 Å². The monoisotopic (exact) mass is 390 g/mol. The van der Waals surface area contributed by atoms with Gasteiger partial charge in [-0.05, 0) is 23.8 Å². The fraction of sp³-hybridized carbons (Fsp3) is 0.333. The molecule has 0 radical (unpaired) electrons. The van der Waals surface area contributed by atoms with Crippen LogP contribution in [0.5, 0.6) is 0 Å². The molecule has 2 atom stereocenters. The maximum atomic E-state index is 12.7. The molecule has 2 aromatic heterocycles. The molecule has 1 aliphatic heterocycles. The molecule has 1 fully saturated rings. The Hall–Kier alpha value is -2.85. The number of benzene rings is 1. The van der Waals surface area contributed by atoms with Gasteiger partial charge in [-0.1, -0.05) is 17.3 Å².